The number of ketones is 1. The molecule has 1 rings (SSSR count). The lowest BCUT2D eigenvalue weighted by Gasteiger charge is -2.26. The van der Waals surface area contributed by atoms with Crippen LogP contribution in [0.2, 0.25) is 0 Å². The number of carbonyl (C=O) groups excluding carboxylic acids is 2. The van der Waals surface area contributed by atoms with E-state index in [0.717, 1.165) is 0 Å². The van der Waals surface area contributed by atoms with Crippen molar-refractivity contribution in [2.45, 2.75) is 39.5 Å². The van der Waals surface area contributed by atoms with Crippen LogP contribution in [0.1, 0.15) is 38.3 Å². The molecule has 0 bridgehead atoms. The zero-order valence-corrected chi connectivity index (χ0v) is 11.5. The predicted octanol–water partition coefficient (Wildman–Crippen LogP) is 2.37. The van der Waals surface area contributed by atoms with Gasteiger partial charge in [-0.05, 0) is 19.4 Å². The van der Waals surface area contributed by atoms with Crippen LogP contribution in [0.15, 0.2) is 24.3 Å². The van der Waals surface area contributed by atoms with Gasteiger partial charge in [-0.3, -0.25) is 9.59 Å². The van der Waals surface area contributed by atoms with E-state index in [1.54, 1.807) is 0 Å². The van der Waals surface area contributed by atoms with Gasteiger partial charge in [-0.2, -0.15) is 0 Å². The van der Waals surface area contributed by atoms with Gasteiger partial charge in [0, 0.05) is 12.0 Å². The molecule has 0 heterocycles. The third-order valence-corrected chi connectivity index (χ3v) is 2.94. The Morgan fingerprint density at radius 2 is 1.94 bits per heavy atom. The molecule has 0 unspecified atom stereocenters. The van der Waals surface area contributed by atoms with Gasteiger partial charge in [-0.15, -0.1) is 0 Å². The Labute approximate surface area is 109 Å². The normalized spacial score (nSPS) is 11.1. The topological polar surface area (TPSA) is 46.2 Å². The van der Waals surface area contributed by atoms with Crippen LogP contribution in [-0.4, -0.2) is 18.2 Å². The fourth-order valence-corrected chi connectivity index (χ4v) is 1.78. The maximum Gasteiger partial charge on any atom is 0.227 e. The molecule has 1 aromatic carbocycles. The highest BCUT2D eigenvalue weighted by molar-refractivity contribution is 5.96. The van der Waals surface area contributed by atoms with Crippen molar-refractivity contribution < 1.29 is 9.59 Å². The number of nitrogens with one attached hydrogen (secondary N) is 1. The van der Waals surface area contributed by atoms with Gasteiger partial charge in [-0.25, -0.2) is 0 Å². The van der Waals surface area contributed by atoms with Crippen molar-refractivity contribution >= 4 is 11.7 Å². The van der Waals surface area contributed by atoms with E-state index in [-0.39, 0.29) is 23.5 Å². The second-order valence-electron chi connectivity index (χ2n) is 5.41. The van der Waals surface area contributed by atoms with Crippen molar-refractivity contribution in [2.75, 3.05) is 6.54 Å². The monoisotopic (exact) mass is 247 g/mol. The highest BCUT2D eigenvalue weighted by Gasteiger charge is 2.21. The van der Waals surface area contributed by atoms with Crippen molar-refractivity contribution in [1.82, 2.24) is 5.32 Å². The second kappa shape index (κ2) is 5.80. The van der Waals surface area contributed by atoms with E-state index in [4.69, 9.17) is 0 Å². The molecule has 0 aliphatic rings. The number of rotatable bonds is 5. The second-order valence-corrected chi connectivity index (χ2v) is 5.41. The van der Waals surface area contributed by atoms with E-state index in [2.05, 4.69) is 31.3 Å². The van der Waals surface area contributed by atoms with Crippen molar-refractivity contribution in [3.63, 3.8) is 0 Å². The van der Waals surface area contributed by atoms with Crippen LogP contribution in [0.5, 0.6) is 0 Å². The summed E-state index contributed by atoms with van der Waals surface area (Å²) in [7, 11) is 0. The number of benzene rings is 1. The van der Waals surface area contributed by atoms with Crippen molar-refractivity contribution in [3.05, 3.63) is 35.4 Å². The van der Waals surface area contributed by atoms with Crippen LogP contribution in [0, 0.1) is 6.92 Å². The van der Waals surface area contributed by atoms with Gasteiger partial charge in [0.25, 0.3) is 0 Å². The SMILES string of the molecule is CC(=O)CC(=O)NCC(C)(C)c1cccc(C)c1. The summed E-state index contributed by atoms with van der Waals surface area (Å²) in [6, 6.07) is 8.25. The van der Waals surface area contributed by atoms with Gasteiger partial charge >= 0.3 is 0 Å². The van der Waals surface area contributed by atoms with Gasteiger partial charge in [0.1, 0.15) is 5.78 Å². The van der Waals surface area contributed by atoms with Crippen LogP contribution < -0.4 is 5.32 Å². The first kappa shape index (κ1) is 14.4. The van der Waals surface area contributed by atoms with E-state index >= 15 is 0 Å². The van der Waals surface area contributed by atoms with Crippen LogP contribution in [0.25, 0.3) is 0 Å². The van der Waals surface area contributed by atoms with Crippen LogP contribution in [0.3, 0.4) is 0 Å². The summed E-state index contributed by atoms with van der Waals surface area (Å²) in [4.78, 5) is 22.3. The highest BCUT2D eigenvalue weighted by atomic mass is 16.2. The average molecular weight is 247 g/mol. The molecule has 0 saturated heterocycles. The lowest BCUT2D eigenvalue weighted by atomic mass is 9.84. The Bertz CT molecular complexity index is 450. The molecule has 0 aliphatic carbocycles. The standard InChI is InChI=1S/C15H21NO2/c1-11-6-5-7-13(8-11)15(3,4)10-16-14(18)9-12(2)17/h5-8H,9-10H2,1-4H3,(H,16,18). The third kappa shape index (κ3) is 4.32. The van der Waals surface area contributed by atoms with Gasteiger partial charge < -0.3 is 5.32 Å². The molecule has 0 atom stereocenters. The minimum atomic E-state index is -0.205. The fourth-order valence-electron chi connectivity index (χ4n) is 1.78. The molecule has 98 valence electrons. The van der Waals surface area contributed by atoms with Gasteiger partial charge in [-0.1, -0.05) is 43.7 Å². The van der Waals surface area contributed by atoms with E-state index < -0.39 is 0 Å². The largest absolute Gasteiger partial charge is 0.355 e. The smallest absolute Gasteiger partial charge is 0.227 e. The minimum Gasteiger partial charge on any atom is -0.355 e. The van der Waals surface area contributed by atoms with Gasteiger partial charge in [0.15, 0.2) is 0 Å². The molecule has 0 radical (unpaired) electrons. The van der Waals surface area contributed by atoms with Crippen molar-refractivity contribution in [1.29, 1.82) is 0 Å². The number of carbonyl (C=O) groups is 2. The average Bonchev–Trinajstić information content (AvgIpc) is 2.26. The Morgan fingerprint density at radius 3 is 2.50 bits per heavy atom. The quantitative estimate of drug-likeness (QED) is 0.812. The number of amides is 1. The summed E-state index contributed by atoms with van der Waals surface area (Å²) in [6.45, 7) is 8.16. The number of hydrogen-bond donors (Lipinski definition) is 1. The first-order valence-electron chi connectivity index (χ1n) is 6.14. The Hall–Kier alpha value is -1.64. The summed E-state index contributed by atoms with van der Waals surface area (Å²) in [6.07, 6.45) is -0.0378. The molecule has 0 fully saturated rings. The zero-order chi connectivity index (χ0) is 13.8. The first-order chi connectivity index (χ1) is 8.31. The molecule has 0 saturated carbocycles. The third-order valence-electron chi connectivity index (χ3n) is 2.94. The van der Waals surface area contributed by atoms with Gasteiger partial charge in [0.2, 0.25) is 5.91 Å². The number of hydrogen-bond acceptors (Lipinski definition) is 2. The van der Waals surface area contributed by atoms with Crippen LogP contribution in [0.4, 0.5) is 0 Å². The van der Waals surface area contributed by atoms with E-state index in [9.17, 15) is 9.59 Å². The van der Waals surface area contributed by atoms with Crippen LogP contribution in [-0.2, 0) is 15.0 Å². The lowest BCUT2D eigenvalue weighted by Crippen LogP contribution is -2.37. The molecule has 1 amide bonds. The molecule has 18 heavy (non-hydrogen) atoms. The number of aryl methyl sites for hydroxylation is 1. The maximum absolute atomic E-state index is 11.5. The Kier molecular flexibility index (Phi) is 4.65. The molecule has 1 aromatic rings. The molecule has 3 nitrogen and oxygen atoms in total. The molecule has 3 heteroatoms. The van der Waals surface area contributed by atoms with Crippen molar-refractivity contribution in [2.24, 2.45) is 0 Å². The summed E-state index contributed by atoms with van der Waals surface area (Å²) < 4.78 is 0. The van der Waals surface area contributed by atoms with E-state index in [1.807, 2.05) is 19.1 Å². The van der Waals surface area contributed by atoms with E-state index in [0.29, 0.717) is 6.54 Å². The minimum absolute atomic E-state index is 0.0378. The summed E-state index contributed by atoms with van der Waals surface area (Å²) in [5.74, 6) is -0.316. The lowest BCUT2D eigenvalue weighted by molar-refractivity contribution is -0.127. The molecule has 1 N–H and O–H groups in total. The van der Waals surface area contributed by atoms with Crippen molar-refractivity contribution in [3.8, 4) is 0 Å². The molecule has 0 aliphatic heterocycles. The highest BCUT2D eigenvalue weighted by Crippen LogP contribution is 2.22. The first-order valence-corrected chi connectivity index (χ1v) is 6.14. The molecule has 0 spiro atoms. The summed E-state index contributed by atoms with van der Waals surface area (Å²) in [5, 5.41) is 2.81. The predicted molar refractivity (Wildman–Crippen MR) is 72.5 cm³/mol. The summed E-state index contributed by atoms with van der Waals surface area (Å²) >= 11 is 0. The molecular weight excluding hydrogens is 226 g/mol. The molecule has 0 aromatic heterocycles. The zero-order valence-electron chi connectivity index (χ0n) is 11.5. The van der Waals surface area contributed by atoms with Crippen LogP contribution >= 0.6 is 0 Å². The van der Waals surface area contributed by atoms with Gasteiger partial charge in [0.05, 0.1) is 6.42 Å². The Morgan fingerprint density at radius 1 is 1.28 bits per heavy atom. The number of Topliss-reactive ketones (excluding diaryl/α,β-unsaturated/α-hetero) is 1. The van der Waals surface area contributed by atoms with E-state index in [1.165, 1.54) is 18.1 Å². The Balaban J connectivity index is 2.65. The fraction of sp³-hybridized carbons (Fsp3) is 0.467. The maximum atomic E-state index is 11.5. The molecular formula is C15H21NO2. The summed E-state index contributed by atoms with van der Waals surface area (Å²) in [5.41, 5.74) is 2.25.